The Morgan fingerprint density at radius 3 is 2.43 bits per heavy atom. The summed E-state index contributed by atoms with van der Waals surface area (Å²) in [5.41, 5.74) is 2.22. The van der Waals surface area contributed by atoms with E-state index >= 15 is 0 Å². The van der Waals surface area contributed by atoms with Crippen molar-refractivity contribution in [2.45, 2.75) is 18.9 Å². The first-order valence-electron chi connectivity index (χ1n) is 7.29. The van der Waals surface area contributed by atoms with Crippen LogP contribution in [0.25, 0.3) is 0 Å². The summed E-state index contributed by atoms with van der Waals surface area (Å²) in [7, 11) is 1.22. The van der Waals surface area contributed by atoms with Crippen LogP contribution in [0.4, 0.5) is 8.78 Å². The molecule has 6 heteroatoms. The zero-order valence-corrected chi connectivity index (χ0v) is 12.6. The molecule has 1 aliphatic rings. The SMILES string of the molecule is COc1c(F)cc(CC2NCCc3cc(O)c(O)cc32)cc1F. The van der Waals surface area contributed by atoms with E-state index in [1.807, 2.05) is 0 Å². The van der Waals surface area contributed by atoms with Gasteiger partial charge in [-0.25, -0.2) is 8.78 Å². The third kappa shape index (κ3) is 2.94. The zero-order valence-electron chi connectivity index (χ0n) is 12.6. The molecular weight excluding hydrogens is 304 g/mol. The minimum absolute atomic E-state index is 0.161. The first-order chi connectivity index (χ1) is 11.0. The lowest BCUT2D eigenvalue weighted by atomic mass is 9.90. The number of fused-ring (bicyclic) bond motifs is 1. The number of rotatable bonds is 3. The molecule has 0 saturated heterocycles. The van der Waals surface area contributed by atoms with Gasteiger partial charge in [0.2, 0.25) is 0 Å². The predicted octanol–water partition coefficient (Wildman–Crippen LogP) is 2.81. The Bertz CT molecular complexity index is 726. The van der Waals surface area contributed by atoms with E-state index in [1.165, 1.54) is 31.4 Å². The van der Waals surface area contributed by atoms with Crippen LogP contribution in [0.3, 0.4) is 0 Å². The Kier molecular flexibility index (Phi) is 4.09. The Labute approximate surface area is 132 Å². The number of methoxy groups -OCH3 is 1. The number of phenols is 2. The summed E-state index contributed by atoms with van der Waals surface area (Å²) in [6.45, 7) is 0.684. The van der Waals surface area contributed by atoms with Crippen LogP contribution in [0.5, 0.6) is 17.2 Å². The lowest BCUT2D eigenvalue weighted by Gasteiger charge is -2.27. The first-order valence-corrected chi connectivity index (χ1v) is 7.29. The monoisotopic (exact) mass is 321 g/mol. The minimum Gasteiger partial charge on any atom is -0.504 e. The molecule has 1 aliphatic heterocycles. The lowest BCUT2D eigenvalue weighted by Crippen LogP contribution is -2.31. The Balaban J connectivity index is 1.92. The minimum atomic E-state index is -0.743. The molecule has 3 N–H and O–H groups in total. The average molecular weight is 321 g/mol. The normalized spacial score (nSPS) is 16.9. The van der Waals surface area contributed by atoms with Gasteiger partial charge in [-0.1, -0.05) is 0 Å². The topological polar surface area (TPSA) is 61.7 Å². The van der Waals surface area contributed by atoms with Crippen molar-refractivity contribution in [3.05, 3.63) is 52.6 Å². The second kappa shape index (κ2) is 6.04. The van der Waals surface area contributed by atoms with Gasteiger partial charge in [0.1, 0.15) is 0 Å². The summed E-state index contributed by atoms with van der Waals surface area (Å²) in [4.78, 5) is 0. The Morgan fingerprint density at radius 1 is 1.13 bits per heavy atom. The van der Waals surface area contributed by atoms with Crippen molar-refractivity contribution in [2.24, 2.45) is 0 Å². The highest BCUT2D eigenvalue weighted by atomic mass is 19.1. The van der Waals surface area contributed by atoms with E-state index in [4.69, 9.17) is 0 Å². The number of hydrogen-bond acceptors (Lipinski definition) is 4. The van der Waals surface area contributed by atoms with Crippen LogP contribution >= 0.6 is 0 Å². The third-order valence-electron chi connectivity index (χ3n) is 4.10. The van der Waals surface area contributed by atoms with Gasteiger partial charge in [0.05, 0.1) is 7.11 Å². The summed E-state index contributed by atoms with van der Waals surface area (Å²) in [6, 6.07) is 5.33. The molecule has 0 saturated carbocycles. The third-order valence-corrected chi connectivity index (χ3v) is 4.10. The number of hydrogen-bond donors (Lipinski definition) is 3. The van der Waals surface area contributed by atoms with E-state index in [2.05, 4.69) is 10.1 Å². The van der Waals surface area contributed by atoms with Crippen LogP contribution < -0.4 is 10.1 Å². The summed E-state index contributed by atoms with van der Waals surface area (Å²) in [6.07, 6.45) is 1.07. The van der Waals surface area contributed by atoms with Crippen molar-refractivity contribution in [3.63, 3.8) is 0 Å². The molecule has 3 rings (SSSR count). The van der Waals surface area contributed by atoms with Gasteiger partial charge in [-0.15, -0.1) is 0 Å². The molecule has 0 aromatic heterocycles. The number of benzene rings is 2. The number of halogens is 2. The second-order valence-corrected chi connectivity index (χ2v) is 5.59. The van der Waals surface area contributed by atoms with Crippen LogP contribution in [0, 0.1) is 11.6 Å². The van der Waals surface area contributed by atoms with Gasteiger partial charge < -0.3 is 20.3 Å². The van der Waals surface area contributed by atoms with Crippen molar-refractivity contribution in [3.8, 4) is 17.2 Å². The molecule has 2 aromatic carbocycles. The van der Waals surface area contributed by atoms with Crippen LogP contribution in [0.2, 0.25) is 0 Å². The van der Waals surface area contributed by atoms with Gasteiger partial charge in [-0.05, 0) is 60.3 Å². The molecule has 0 amide bonds. The molecule has 1 atom stereocenters. The lowest BCUT2D eigenvalue weighted by molar-refractivity contribution is 0.358. The van der Waals surface area contributed by atoms with Crippen molar-refractivity contribution < 1.29 is 23.7 Å². The molecule has 0 radical (unpaired) electrons. The maximum atomic E-state index is 13.8. The van der Waals surface area contributed by atoms with Crippen LogP contribution in [-0.4, -0.2) is 23.9 Å². The maximum Gasteiger partial charge on any atom is 0.190 e. The van der Waals surface area contributed by atoms with Gasteiger partial charge in [0, 0.05) is 6.04 Å². The maximum absolute atomic E-state index is 13.8. The average Bonchev–Trinajstić information content (AvgIpc) is 2.49. The van der Waals surface area contributed by atoms with E-state index < -0.39 is 17.4 Å². The largest absolute Gasteiger partial charge is 0.504 e. The fraction of sp³-hybridized carbons (Fsp3) is 0.294. The highest BCUT2D eigenvalue weighted by Crippen LogP contribution is 2.35. The highest BCUT2D eigenvalue weighted by Gasteiger charge is 2.23. The number of nitrogens with one attached hydrogen (secondary N) is 1. The number of phenolic OH excluding ortho intramolecular Hbond substituents is 2. The smallest absolute Gasteiger partial charge is 0.190 e. The molecule has 4 nitrogen and oxygen atoms in total. The van der Waals surface area contributed by atoms with E-state index in [0.29, 0.717) is 24.9 Å². The zero-order chi connectivity index (χ0) is 16.6. The Hall–Kier alpha value is -2.34. The summed E-state index contributed by atoms with van der Waals surface area (Å²) >= 11 is 0. The van der Waals surface area contributed by atoms with Crippen molar-refractivity contribution in [1.82, 2.24) is 5.32 Å². The number of aromatic hydroxyl groups is 2. The summed E-state index contributed by atoms with van der Waals surface area (Å²) in [5, 5.41) is 22.6. The Morgan fingerprint density at radius 2 is 1.78 bits per heavy atom. The van der Waals surface area contributed by atoms with Crippen LogP contribution in [0.1, 0.15) is 22.7 Å². The second-order valence-electron chi connectivity index (χ2n) is 5.59. The van der Waals surface area contributed by atoms with E-state index in [-0.39, 0.29) is 17.5 Å². The molecule has 1 heterocycles. The predicted molar refractivity (Wildman–Crippen MR) is 80.8 cm³/mol. The van der Waals surface area contributed by atoms with Gasteiger partial charge in [0.15, 0.2) is 28.9 Å². The van der Waals surface area contributed by atoms with Crippen molar-refractivity contribution in [1.29, 1.82) is 0 Å². The quantitative estimate of drug-likeness (QED) is 0.761. The van der Waals surface area contributed by atoms with Gasteiger partial charge >= 0.3 is 0 Å². The first kappa shape index (κ1) is 15.6. The standard InChI is InChI=1S/C17H17F2NO3/c1-23-17-12(18)4-9(5-13(17)19)6-14-11-8-16(22)15(21)7-10(11)2-3-20-14/h4-5,7-8,14,20-22H,2-3,6H2,1H3. The van der Waals surface area contributed by atoms with Crippen LogP contribution in [-0.2, 0) is 12.8 Å². The molecule has 0 spiro atoms. The van der Waals surface area contributed by atoms with Crippen LogP contribution in [0.15, 0.2) is 24.3 Å². The van der Waals surface area contributed by atoms with Gasteiger partial charge in [0.25, 0.3) is 0 Å². The van der Waals surface area contributed by atoms with Crippen molar-refractivity contribution in [2.75, 3.05) is 13.7 Å². The number of ether oxygens (including phenoxy) is 1. The molecule has 0 bridgehead atoms. The summed E-state index contributed by atoms with van der Waals surface area (Å²) in [5.74, 6) is -2.25. The van der Waals surface area contributed by atoms with Crippen molar-refractivity contribution >= 4 is 0 Å². The summed E-state index contributed by atoms with van der Waals surface area (Å²) < 4.78 is 32.3. The molecular formula is C17H17F2NO3. The van der Waals surface area contributed by atoms with E-state index in [0.717, 1.165) is 11.1 Å². The van der Waals surface area contributed by atoms with Gasteiger partial charge in [-0.3, -0.25) is 0 Å². The fourth-order valence-electron chi connectivity index (χ4n) is 3.01. The molecule has 0 fully saturated rings. The van der Waals surface area contributed by atoms with Gasteiger partial charge in [-0.2, -0.15) is 0 Å². The molecule has 122 valence electrons. The van der Waals surface area contributed by atoms with E-state index in [9.17, 15) is 19.0 Å². The highest BCUT2D eigenvalue weighted by molar-refractivity contribution is 5.48. The molecule has 2 aromatic rings. The molecule has 0 aliphatic carbocycles. The fourth-order valence-corrected chi connectivity index (χ4v) is 3.01. The van der Waals surface area contributed by atoms with E-state index in [1.54, 1.807) is 0 Å². The molecule has 23 heavy (non-hydrogen) atoms. The molecule has 1 unspecified atom stereocenters.